The lowest BCUT2D eigenvalue weighted by atomic mass is 10.1. The lowest BCUT2D eigenvalue weighted by Crippen LogP contribution is -2.15. The molecule has 4 aromatic rings. The molecule has 0 aliphatic carbocycles. The average Bonchev–Trinajstić information content (AvgIpc) is 3.34. The molecule has 0 bridgehead atoms. The standard InChI is InChI=1S/C24H21F3N4OS/c1-14-7-3-6-10-19(14)29-23-30-20(13-33-23)21-11-17(22(28)32)15(2)31(21)12-16-8-4-5-9-18(16)24(25,26)27/h3-11,13H,12H2,1-2H3,(H2,28,32)(H,29,30). The van der Waals surface area contributed by atoms with Gasteiger partial charge in [-0.15, -0.1) is 11.3 Å². The van der Waals surface area contributed by atoms with E-state index in [4.69, 9.17) is 5.73 Å². The fourth-order valence-corrected chi connectivity index (χ4v) is 4.41. The Balaban J connectivity index is 1.75. The van der Waals surface area contributed by atoms with Crippen molar-refractivity contribution in [3.63, 3.8) is 0 Å². The zero-order valence-electron chi connectivity index (χ0n) is 17.9. The zero-order chi connectivity index (χ0) is 23.8. The molecule has 1 amide bonds. The number of amides is 1. The van der Waals surface area contributed by atoms with E-state index in [-0.39, 0.29) is 17.7 Å². The van der Waals surface area contributed by atoms with Crippen molar-refractivity contribution in [3.05, 3.63) is 87.9 Å². The number of carbonyl (C=O) groups is 1. The summed E-state index contributed by atoms with van der Waals surface area (Å²) in [5, 5.41) is 5.69. The van der Waals surface area contributed by atoms with Gasteiger partial charge >= 0.3 is 6.18 Å². The monoisotopic (exact) mass is 470 g/mol. The summed E-state index contributed by atoms with van der Waals surface area (Å²) in [6.45, 7) is 3.56. The molecule has 2 aromatic carbocycles. The van der Waals surface area contributed by atoms with Crippen molar-refractivity contribution >= 4 is 28.1 Å². The molecule has 0 fully saturated rings. The van der Waals surface area contributed by atoms with Crippen LogP contribution in [0, 0.1) is 13.8 Å². The van der Waals surface area contributed by atoms with E-state index in [0.717, 1.165) is 17.3 Å². The maximum atomic E-state index is 13.5. The predicted octanol–water partition coefficient (Wildman–Crippen LogP) is 6.14. The molecular formula is C24H21F3N4OS. The molecule has 0 radical (unpaired) electrons. The Hall–Kier alpha value is -3.59. The molecule has 5 nitrogen and oxygen atoms in total. The van der Waals surface area contributed by atoms with Gasteiger partial charge in [-0.2, -0.15) is 13.2 Å². The number of nitrogens with two attached hydrogens (primary N) is 1. The van der Waals surface area contributed by atoms with Crippen LogP contribution in [0.5, 0.6) is 0 Å². The number of primary amides is 1. The third kappa shape index (κ3) is 4.63. The molecule has 170 valence electrons. The van der Waals surface area contributed by atoms with Crippen molar-refractivity contribution in [1.82, 2.24) is 9.55 Å². The maximum absolute atomic E-state index is 13.5. The van der Waals surface area contributed by atoms with Crippen LogP contribution < -0.4 is 11.1 Å². The van der Waals surface area contributed by atoms with Gasteiger partial charge in [0, 0.05) is 23.3 Å². The Labute approximate surface area is 192 Å². The third-order valence-corrected chi connectivity index (χ3v) is 6.19. The van der Waals surface area contributed by atoms with E-state index in [9.17, 15) is 18.0 Å². The molecule has 0 saturated heterocycles. The quantitative estimate of drug-likeness (QED) is 0.356. The van der Waals surface area contributed by atoms with Gasteiger partial charge in [-0.3, -0.25) is 4.79 Å². The predicted molar refractivity (Wildman–Crippen MR) is 124 cm³/mol. The summed E-state index contributed by atoms with van der Waals surface area (Å²) < 4.78 is 42.3. The molecular weight excluding hydrogens is 449 g/mol. The van der Waals surface area contributed by atoms with Crippen LogP contribution in [0.2, 0.25) is 0 Å². The highest BCUT2D eigenvalue weighted by Crippen LogP contribution is 2.35. The number of benzene rings is 2. The van der Waals surface area contributed by atoms with Gasteiger partial charge in [0.15, 0.2) is 5.13 Å². The van der Waals surface area contributed by atoms with E-state index in [1.165, 1.54) is 23.5 Å². The van der Waals surface area contributed by atoms with E-state index in [1.807, 2.05) is 31.2 Å². The summed E-state index contributed by atoms with van der Waals surface area (Å²) in [7, 11) is 0. The summed E-state index contributed by atoms with van der Waals surface area (Å²) in [6.07, 6.45) is -4.49. The van der Waals surface area contributed by atoms with Crippen molar-refractivity contribution < 1.29 is 18.0 Å². The zero-order valence-corrected chi connectivity index (χ0v) is 18.7. The molecule has 9 heteroatoms. The number of carbonyl (C=O) groups excluding carboxylic acids is 1. The van der Waals surface area contributed by atoms with E-state index in [0.29, 0.717) is 22.2 Å². The Bertz CT molecular complexity index is 1320. The summed E-state index contributed by atoms with van der Waals surface area (Å²) in [4.78, 5) is 16.6. The van der Waals surface area contributed by atoms with E-state index < -0.39 is 17.6 Å². The van der Waals surface area contributed by atoms with Crippen LogP contribution in [0.4, 0.5) is 24.0 Å². The fraction of sp³-hybridized carbons (Fsp3) is 0.167. The minimum absolute atomic E-state index is 0.0811. The molecule has 0 aliphatic heterocycles. The number of anilines is 2. The van der Waals surface area contributed by atoms with Gasteiger partial charge in [0.05, 0.1) is 22.5 Å². The normalized spacial score (nSPS) is 11.5. The number of para-hydroxylation sites is 1. The number of nitrogens with one attached hydrogen (secondary N) is 1. The van der Waals surface area contributed by atoms with Gasteiger partial charge in [0.1, 0.15) is 0 Å². The topological polar surface area (TPSA) is 72.9 Å². The summed E-state index contributed by atoms with van der Waals surface area (Å²) >= 11 is 1.36. The fourth-order valence-electron chi connectivity index (χ4n) is 3.69. The van der Waals surface area contributed by atoms with Crippen LogP contribution in [-0.2, 0) is 12.7 Å². The highest BCUT2D eigenvalue weighted by Gasteiger charge is 2.33. The lowest BCUT2D eigenvalue weighted by molar-refractivity contribution is -0.138. The van der Waals surface area contributed by atoms with Gasteiger partial charge in [-0.25, -0.2) is 4.98 Å². The van der Waals surface area contributed by atoms with Crippen molar-refractivity contribution in [1.29, 1.82) is 0 Å². The van der Waals surface area contributed by atoms with Crippen LogP contribution >= 0.6 is 11.3 Å². The van der Waals surface area contributed by atoms with Gasteiger partial charge in [0.2, 0.25) is 0 Å². The van der Waals surface area contributed by atoms with Gasteiger partial charge in [-0.05, 0) is 43.2 Å². The van der Waals surface area contributed by atoms with Gasteiger partial charge < -0.3 is 15.6 Å². The Kier molecular flexibility index (Phi) is 5.99. The van der Waals surface area contributed by atoms with Crippen LogP contribution in [0.3, 0.4) is 0 Å². The van der Waals surface area contributed by atoms with Gasteiger partial charge in [0.25, 0.3) is 5.91 Å². The van der Waals surface area contributed by atoms with E-state index >= 15 is 0 Å². The van der Waals surface area contributed by atoms with Crippen molar-refractivity contribution in [3.8, 4) is 11.4 Å². The first-order valence-electron chi connectivity index (χ1n) is 10.1. The third-order valence-electron chi connectivity index (χ3n) is 5.44. The highest BCUT2D eigenvalue weighted by atomic mass is 32.1. The van der Waals surface area contributed by atoms with Crippen molar-refractivity contribution in [2.75, 3.05) is 5.32 Å². The average molecular weight is 471 g/mol. The van der Waals surface area contributed by atoms with E-state index in [1.54, 1.807) is 29.0 Å². The Morgan fingerprint density at radius 1 is 1.12 bits per heavy atom. The lowest BCUT2D eigenvalue weighted by Gasteiger charge is -2.16. The second kappa shape index (κ2) is 8.74. The first kappa shape index (κ1) is 22.6. The number of hydrogen-bond donors (Lipinski definition) is 2. The molecule has 33 heavy (non-hydrogen) atoms. The number of aromatic nitrogens is 2. The number of nitrogens with zero attached hydrogens (tertiary/aromatic N) is 2. The van der Waals surface area contributed by atoms with Crippen LogP contribution in [0.15, 0.2) is 60.0 Å². The molecule has 4 rings (SSSR count). The maximum Gasteiger partial charge on any atom is 0.416 e. The van der Waals surface area contributed by atoms with Crippen molar-refractivity contribution in [2.24, 2.45) is 5.73 Å². The minimum Gasteiger partial charge on any atom is -0.366 e. The number of hydrogen-bond acceptors (Lipinski definition) is 4. The molecule has 0 spiro atoms. The molecule has 2 heterocycles. The summed E-state index contributed by atoms with van der Waals surface area (Å²) in [5.41, 5.74) is 8.64. The Morgan fingerprint density at radius 3 is 2.52 bits per heavy atom. The Morgan fingerprint density at radius 2 is 1.82 bits per heavy atom. The minimum atomic E-state index is -4.49. The number of thiazole rings is 1. The molecule has 0 atom stereocenters. The summed E-state index contributed by atoms with van der Waals surface area (Å²) in [5.74, 6) is -0.648. The first-order valence-corrected chi connectivity index (χ1v) is 11.0. The largest absolute Gasteiger partial charge is 0.416 e. The van der Waals surface area contributed by atoms with Crippen molar-refractivity contribution in [2.45, 2.75) is 26.6 Å². The number of aryl methyl sites for hydroxylation is 1. The number of alkyl halides is 3. The van der Waals surface area contributed by atoms with Crippen LogP contribution in [0.1, 0.15) is 32.7 Å². The summed E-state index contributed by atoms with van der Waals surface area (Å²) in [6, 6.07) is 14.7. The SMILES string of the molecule is Cc1ccccc1Nc1nc(-c2cc(C(N)=O)c(C)n2Cc2ccccc2C(F)(F)F)cs1. The van der Waals surface area contributed by atoms with Gasteiger partial charge in [-0.1, -0.05) is 36.4 Å². The molecule has 0 saturated carbocycles. The smallest absolute Gasteiger partial charge is 0.366 e. The molecule has 0 aliphatic rings. The van der Waals surface area contributed by atoms with Crippen LogP contribution in [-0.4, -0.2) is 15.5 Å². The number of halogens is 3. The number of rotatable bonds is 6. The van der Waals surface area contributed by atoms with Crippen LogP contribution in [0.25, 0.3) is 11.4 Å². The first-order chi connectivity index (χ1) is 15.6. The second-order valence-electron chi connectivity index (χ2n) is 7.61. The molecule has 0 unspecified atom stereocenters. The molecule has 3 N–H and O–H groups in total. The van der Waals surface area contributed by atoms with E-state index in [2.05, 4.69) is 10.3 Å². The highest BCUT2D eigenvalue weighted by molar-refractivity contribution is 7.14. The molecule has 2 aromatic heterocycles. The second-order valence-corrected chi connectivity index (χ2v) is 8.47.